The molecule has 0 saturated heterocycles. The third-order valence-corrected chi connectivity index (χ3v) is 5.66. The van der Waals surface area contributed by atoms with Gasteiger partial charge in [-0.25, -0.2) is 0 Å². The van der Waals surface area contributed by atoms with Gasteiger partial charge in [-0.05, 0) is 0 Å². The van der Waals surface area contributed by atoms with Crippen LogP contribution in [0.5, 0.6) is 5.75 Å². The van der Waals surface area contributed by atoms with E-state index in [1.54, 1.807) is 42.5 Å². The topological polar surface area (TPSA) is 60.4 Å². The number of hydrogen-bond donors (Lipinski definition) is 0. The van der Waals surface area contributed by atoms with Crippen LogP contribution in [0.1, 0.15) is 6.92 Å². The number of carbonyl (C=O) groups is 1. The van der Waals surface area contributed by atoms with Gasteiger partial charge in [0.2, 0.25) is 0 Å². The molecule has 28 heavy (non-hydrogen) atoms. The molecule has 0 N–H and O–H groups in total. The summed E-state index contributed by atoms with van der Waals surface area (Å²) in [5, 5.41) is 5.12. The highest BCUT2D eigenvalue weighted by atomic mass is 16.5. The highest BCUT2D eigenvalue weighted by Gasteiger charge is 2.28. The van der Waals surface area contributed by atoms with E-state index in [9.17, 15) is 14.4 Å². The lowest BCUT2D eigenvalue weighted by Gasteiger charge is -2.22. The first-order valence-corrected chi connectivity index (χ1v) is 9.00. The maximum Gasteiger partial charge on any atom is 0.308 e. The average molecular weight is 364 g/mol. The predicted octanol–water partition coefficient (Wildman–Crippen LogP) is 4.36. The van der Waals surface area contributed by atoms with Crippen molar-refractivity contribution >= 4 is 49.1 Å². The quantitative estimate of drug-likeness (QED) is 0.188. The molecule has 4 heteroatoms. The summed E-state index contributed by atoms with van der Waals surface area (Å²) in [4.78, 5) is 38.3. The lowest BCUT2D eigenvalue weighted by atomic mass is 9.80. The van der Waals surface area contributed by atoms with Crippen LogP contribution >= 0.6 is 0 Å². The molecule has 0 heterocycles. The third kappa shape index (κ3) is 1.63. The van der Waals surface area contributed by atoms with Gasteiger partial charge in [-0.1, -0.05) is 54.6 Å². The second kappa shape index (κ2) is 4.93. The van der Waals surface area contributed by atoms with E-state index in [1.165, 1.54) is 6.92 Å². The largest absolute Gasteiger partial charge is 0.425 e. The van der Waals surface area contributed by atoms with Crippen LogP contribution in [-0.2, 0) is 4.79 Å². The molecule has 132 valence electrons. The van der Waals surface area contributed by atoms with Crippen molar-refractivity contribution in [2.24, 2.45) is 0 Å². The number of hydrogen-bond acceptors (Lipinski definition) is 4. The lowest BCUT2D eigenvalue weighted by molar-refractivity contribution is -0.131. The number of esters is 1. The summed E-state index contributed by atoms with van der Waals surface area (Å²) in [6.45, 7) is 1.35. The van der Waals surface area contributed by atoms with Crippen molar-refractivity contribution in [2.45, 2.75) is 6.92 Å². The number of benzene rings is 6. The van der Waals surface area contributed by atoms with E-state index in [1.807, 2.05) is 12.1 Å². The smallest absolute Gasteiger partial charge is 0.308 e. The van der Waals surface area contributed by atoms with Crippen molar-refractivity contribution in [1.29, 1.82) is 0 Å². The standard InChI is InChI=1S/C24H12O4/c1-11(25)28-24-16-9-3-7-14-19(16)21-18-12(22(14)26)5-2-6-13(18)23(27)15-8-4-10-17(24)20(15)21/h2-10H,1H3. The Hall–Kier alpha value is -3.79. The number of carbonyl (C=O) groups excluding carboxylic acids is 1. The first kappa shape index (κ1) is 15.3. The second-order valence-corrected chi connectivity index (χ2v) is 7.14. The Labute approximate surface area is 157 Å². The molecule has 0 radical (unpaired) electrons. The maximum atomic E-state index is 13.2. The van der Waals surface area contributed by atoms with Gasteiger partial charge in [0.05, 0.1) is 0 Å². The molecule has 0 aromatic heterocycles. The van der Waals surface area contributed by atoms with Crippen LogP contribution < -0.4 is 15.6 Å². The van der Waals surface area contributed by atoms with E-state index in [-0.39, 0.29) is 10.9 Å². The summed E-state index contributed by atoms with van der Waals surface area (Å²) >= 11 is 0. The molecular weight excluding hydrogens is 352 g/mol. The van der Waals surface area contributed by atoms with Crippen molar-refractivity contribution in [3.8, 4) is 16.9 Å². The van der Waals surface area contributed by atoms with Crippen LogP contribution in [0.3, 0.4) is 0 Å². The molecule has 2 aliphatic carbocycles. The molecule has 0 aliphatic heterocycles. The minimum absolute atomic E-state index is 0.116. The summed E-state index contributed by atoms with van der Waals surface area (Å²) in [7, 11) is 0. The number of rotatable bonds is 1. The van der Waals surface area contributed by atoms with Gasteiger partial charge in [-0.2, -0.15) is 0 Å². The molecule has 0 spiro atoms. The van der Waals surface area contributed by atoms with Crippen LogP contribution in [0.15, 0.2) is 64.2 Å². The Balaban J connectivity index is 2.11. The third-order valence-electron chi connectivity index (χ3n) is 5.66. The zero-order valence-corrected chi connectivity index (χ0v) is 14.8. The Bertz CT molecular complexity index is 1540. The lowest BCUT2D eigenvalue weighted by Crippen LogP contribution is -2.14. The SMILES string of the molecule is CC(=O)Oc1c2cccc3c(=O)c4cccc5c4-c(c23)c2c1cccc2c5=O. The van der Waals surface area contributed by atoms with E-state index >= 15 is 0 Å². The molecule has 0 unspecified atom stereocenters. The molecule has 4 aromatic rings. The zero-order chi connectivity index (χ0) is 19.2. The van der Waals surface area contributed by atoms with Crippen molar-refractivity contribution in [3.63, 3.8) is 0 Å². The van der Waals surface area contributed by atoms with Gasteiger partial charge in [0.15, 0.2) is 10.9 Å². The molecule has 2 aliphatic rings. The summed E-state index contributed by atoms with van der Waals surface area (Å²) in [6, 6.07) is 16.2. The molecule has 0 saturated carbocycles. The molecular formula is C24H12O4. The molecule has 0 amide bonds. The highest BCUT2D eigenvalue weighted by Crippen LogP contribution is 2.49. The van der Waals surface area contributed by atoms with Crippen molar-refractivity contribution < 1.29 is 9.53 Å². The summed E-state index contributed by atoms with van der Waals surface area (Å²) in [5.41, 5.74) is 1.35. The minimum Gasteiger partial charge on any atom is -0.425 e. The molecule has 0 fully saturated rings. The van der Waals surface area contributed by atoms with Gasteiger partial charge in [-0.15, -0.1) is 0 Å². The van der Waals surface area contributed by atoms with Crippen LogP contribution in [0, 0.1) is 0 Å². The average Bonchev–Trinajstić information content (AvgIpc) is 2.70. The van der Waals surface area contributed by atoms with Gasteiger partial charge < -0.3 is 4.74 Å². The Morgan fingerprint density at radius 3 is 1.54 bits per heavy atom. The van der Waals surface area contributed by atoms with E-state index in [2.05, 4.69) is 0 Å². The van der Waals surface area contributed by atoms with E-state index in [0.29, 0.717) is 43.6 Å². The minimum atomic E-state index is -0.445. The molecule has 0 atom stereocenters. The maximum absolute atomic E-state index is 13.2. The monoisotopic (exact) mass is 364 g/mol. The van der Waals surface area contributed by atoms with Gasteiger partial charge in [0.25, 0.3) is 0 Å². The summed E-state index contributed by atoms with van der Waals surface area (Å²) in [6.07, 6.45) is 0. The van der Waals surface area contributed by atoms with Crippen LogP contribution in [0.4, 0.5) is 0 Å². The van der Waals surface area contributed by atoms with Crippen molar-refractivity contribution in [1.82, 2.24) is 0 Å². The summed E-state index contributed by atoms with van der Waals surface area (Å²) in [5.74, 6) is -0.0487. The fourth-order valence-electron chi connectivity index (χ4n) is 4.66. The summed E-state index contributed by atoms with van der Waals surface area (Å²) < 4.78 is 5.59. The van der Waals surface area contributed by atoms with Gasteiger partial charge in [-0.3, -0.25) is 14.4 Å². The Morgan fingerprint density at radius 1 is 0.643 bits per heavy atom. The van der Waals surface area contributed by atoms with Gasteiger partial charge >= 0.3 is 5.97 Å². The fourth-order valence-corrected chi connectivity index (χ4v) is 4.66. The molecule has 4 nitrogen and oxygen atoms in total. The molecule has 6 rings (SSSR count). The van der Waals surface area contributed by atoms with Gasteiger partial charge in [0.1, 0.15) is 5.75 Å². The molecule has 0 bridgehead atoms. The van der Waals surface area contributed by atoms with E-state index < -0.39 is 5.97 Å². The van der Waals surface area contributed by atoms with Crippen molar-refractivity contribution in [2.75, 3.05) is 0 Å². The molecule has 4 aromatic carbocycles. The Morgan fingerprint density at radius 2 is 1.07 bits per heavy atom. The predicted molar refractivity (Wildman–Crippen MR) is 110 cm³/mol. The van der Waals surface area contributed by atoms with Crippen LogP contribution in [0.2, 0.25) is 0 Å². The first-order valence-electron chi connectivity index (χ1n) is 9.00. The zero-order valence-electron chi connectivity index (χ0n) is 14.8. The Kier molecular flexibility index (Phi) is 2.69. The second-order valence-electron chi connectivity index (χ2n) is 7.14. The first-order chi connectivity index (χ1) is 13.6. The highest BCUT2D eigenvalue weighted by molar-refractivity contribution is 6.32. The van der Waals surface area contributed by atoms with Gasteiger partial charge in [0, 0.05) is 61.1 Å². The normalized spacial score (nSPS) is 12.2. The van der Waals surface area contributed by atoms with Crippen molar-refractivity contribution in [3.05, 3.63) is 75.0 Å². The van der Waals surface area contributed by atoms with Crippen LogP contribution in [-0.4, -0.2) is 5.97 Å². The van der Waals surface area contributed by atoms with E-state index in [0.717, 1.165) is 16.3 Å². The number of ether oxygens (including phenoxy) is 1. The fraction of sp³-hybridized carbons (Fsp3) is 0.0417. The van der Waals surface area contributed by atoms with Crippen LogP contribution in [0.25, 0.3) is 54.2 Å². The van der Waals surface area contributed by atoms with E-state index in [4.69, 9.17) is 4.74 Å².